The van der Waals surface area contributed by atoms with E-state index in [0.29, 0.717) is 31.0 Å². The lowest BCUT2D eigenvalue weighted by Crippen LogP contribution is -2.58. The Balaban J connectivity index is 1.81. The Bertz CT molecular complexity index is 749. The molecule has 7 heteroatoms. The Hall–Kier alpha value is -2.70. The van der Waals surface area contributed by atoms with Gasteiger partial charge >= 0.3 is 0 Å². The predicted octanol–water partition coefficient (Wildman–Crippen LogP) is 1.22. The van der Waals surface area contributed by atoms with Crippen LogP contribution in [0.1, 0.15) is 24.3 Å². The van der Waals surface area contributed by atoms with Crippen molar-refractivity contribution < 1.29 is 9.59 Å². The number of amides is 2. The molecule has 0 radical (unpaired) electrons. The first-order valence-corrected chi connectivity index (χ1v) is 8.04. The van der Waals surface area contributed by atoms with E-state index in [1.807, 2.05) is 0 Å². The standard InChI is InChI=1S/C17H21N5O2/c1-4-16(23)21-9-8-20(11-14(21)12(2)3)17(24)13-10-15-18-6-5-7-22(15)19-13/h4-7,10,12,14H,1,8-9,11H2,2-3H3/t14-/m1/s1. The van der Waals surface area contributed by atoms with Crippen molar-refractivity contribution in [1.82, 2.24) is 24.4 Å². The van der Waals surface area contributed by atoms with Gasteiger partial charge in [-0.05, 0) is 18.1 Å². The van der Waals surface area contributed by atoms with Crippen LogP contribution in [0.2, 0.25) is 0 Å². The van der Waals surface area contributed by atoms with Gasteiger partial charge in [0.05, 0.1) is 6.04 Å². The van der Waals surface area contributed by atoms with Crippen LogP contribution in [0.4, 0.5) is 0 Å². The van der Waals surface area contributed by atoms with E-state index in [0.717, 1.165) is 0 Å². The van der Waals surface area contributed by atoms with Crippen molar-refractivity contribution in [2.24, 2.45) is 5.92 Å². The van der Waals surface area contributed by atoms with Crippen LogP contribution in [0.15, 0.2) is 37.2 Å². The number of fused-ring (bicyclic) bond motifs is 1. The number of hydrogen-bond acceptors (Lipinski definition) is 4. The molecule has 1 aliphatic rings. The summed E-state index contributed by atoms with van der Waals surface area (Å²) in [5.41, 5.74) is 1.02. The highest BCUT2D eigenvalue weighted by Crippen LogP contribution is 2.19. The molecule has 0 spiro atoms. The van der Waals surface area contributed by atoms with E-state index >= 15 is 0 Å². The summed E-state index contributed by atoms with van der Waals surface area (Å²) in [5.74, 6) is 0.0295. The van der Waals surface area contributed by atoms with Crippen molar-refractivity contribution in [2.75, 3.05) is 19.6 Å². The largest absolute Gasteiger partial charge is 0.333 e. The Morgan fingerprint density at radius 3 is 2.83 bits per heavy atom. The van der Waals surface area contributed by atoms with Gasteiger partial charge in [-0.3, -0.25) is 9.59 Å². The first-order chi connectivity index (χ1) is 11.5. The summed E-state index contributed by atoms with van der Waals surface area (Å²) in [6.45, 7) is 9.16. The van der Waals surface area contributed by atoms with Crippen molar-refractivity contribution in [1.29, 1.82) is 0 Å². The van der Waals surface area contributed by atoms with Crippen molar-refractivity contribution >= 4 is 17.5 Å². The molecule has 24 heavy (non-hydrogen) atoms. The molecule has 7 nitrogen and oxygen atoms in total. The lowest BCUT2D eigenvalue weighted by atomic mass is 9.99. The van der Waals surface area contributed by atoms with Crippen LogP contribution in [0, 0.1) is 5.92 Å². The topological polar surface area (TPSA) is 70.8 Å². The third-order valence-electron chi connectivity index (χ3n) is 4.39. The second-order valence-electron chi connectivity index (χ2n) is 6.25. The summed E-state index contributed by atoms with van der Waals surface area (Å²) in [5, 5.41) is 4.29. The zero-order valence-electron chi connectivity index (χ0n) is 13.9. The van der Waals surface area contributed by atoms with E-state index in [-0.39, 0.29) is 23.8 Å². The number of carbonyl (C=O) groups excluding carboxylic acids is 2. The molecule has 0 bridgehead atoms. The summed E-state index contributed by atoms with van der Waals surface area (Å²) in [6, 6.07) is 3.43. The molecule has 0 N–H and O–H groups in total. The van der Waals surface area contributed by atoms with Crippen LogP contribution < -0.4 is 0 Å². The number of aromatic nitrogens is 3. The van der Waals surface area contributed by atoms with Crippen LogP contribution in [0.3, 0.4) is 0 Å². The molecule has 1 saturated heterocycles. The fourth-order valence-electron chi connectivity index (χ4n) is 3.05. The highest BCUT2D eigenvalue weighted by Gasteiger charge is 2.34. The first-order valence-electron chi connectivity index (χ1n) is 8.04. The van der Waals surface area contributed by atoms with Gasteiger partial charge < -0.3 is 9.80 Å². The van der Waals surface area contributed by atoms with E-state index in [9.17, 15) is 9.59 Å². The predicted molar refractivity (Wildman–Crippen MR) is 89.4 cm³/mol. The highest BCUT2D eigenvalue weighted by molar-refractivity contribution is 5.94. The molecule has 3 heterocycles. The monoisotopic (exact) mass is 327 g/mol. The number of rotatable bonds is 3. The van der Waals surface area contributed by atoms with Crippen molar-refractivity contribution in [2.45, 2.75) is 19.9 Å². The molecular weight excluding hydrogens is 306 g/mol. The van der Waals surface area contributed by atoms with E-state index in [4.69, 9.17) is 0 Å². The molecule has 1 atom stereocenters. The molecule has 0 aliphatic carbocycles. The second kappa shape index (κ2) is 6.43. The number of hydrogen-bond donors (Lipinski definition) is 0. The number of nitrogens with zero attached hydrogens (tertiary/aromatic N) is 5. The third kappa shape index (κ3) is 2.89. The third-order valence-corrected chi connectivity index (χ3v) is 4.39. The van der Waals surface area contributed by atoms with Gasteiger partial charge in [0, 0.05) is 38.1 Å². The molecule has 2 amide bonds. The lowest BCUT2D eigenvalue weighted by Gasteiger charge is -2.42. The van der Waals surface area contributed by atoms with Gasteiger partial charge in [-0.25, -0.2) is 9.50 Å². The van der Waals surface area contributed by atoms with E-state index < -0.39 is 0 Å². The van der Waals surface area contributed by atoms with Crippen LogP contribution in [-0.4, -0.2) is 61.9 Å². The number of carbonyl (C=O) groups is 2. The molecule has 126 valence electrons. The molecular formula is C17H21N5O2. The van der Waals surface area contributed by atoms with Gasteiger partial charge in [-0.15, -0.1) is 0 Å². The Labute approximate surface area is 140 Å². The summed E-state index contributed by atoms with van der Waals surface area (Å²) >= 11 is 0. The maximum atomic E-state index is 12.8. The molecule has 0 saturated carbocycles. The minimum absolute atomic E-state index is 0.0247. The van der Waals surface area contributed by atoms with Gasteiger partial charge in [0.2, 0.25) is 5.91 Å². The summed E-state index contributed by atoms with van der Waals surface area (Å²) in [6.07, 6.45) is 4.76. The van der Waals surface area contributed by atoms with Gasteiger partial charge in [0.1, 0.15) is 0 Å². The molecule has 0 unspecified atom stereocenters. The van der Waals surface area contributed by atoms with Crippen LogP contribution in [0.25, 0.3) is 5.65 Å². The molecule has 0 aromatic carbocycles. The summed E-state index contributed by atoms with van der Waals surface area (Å²) in [7, 11) is 0. The SMILES string of the molecule is C=CC(=O)N1CCN(C(=O)c2cc3ncccn3n2)C[C@@H]1C(C)C. The average molecular weight is 327 g/mol. The van der Waals surface area contributed by atoms with Crippen molar-refractivity contribution in [3.8, 4) is 0 Å². The van der Waals surface area contributed by atoms with Crippen molar-refractivity contribution in [3.63, 3.8) is 0 Å². The van der Waals surface area contributed by atoms with Gasteiger partial charge in [-0.2, -0.15) is 5.10 Å². The van der Waals surface area contributed by atoms with Gasteiger partial charge in [0.15, 0.2) is 11.3 Å². The van der Waals surface area contributed by atoms with Gasteiger partial charge in [-0.1, -0.05) is 20.4 Å². The average Bonchev–Trinajstić information content (AvgIpc) is 3.03. The highest BCUT2D eigenvalue weighted by atomic mass is 16.2. The minimum atomic E-state index is -0.128. The van der Waals surface area contributed by atoms with Crippen LogP contribution in [0.5, 0.6) is 0 Å². The lowest BCUT2D eigenvalue weighted by molar-refractivity contribution is -0.131. The maximum absolute atomic E-state index is 12.8. The summed E-state index contributed by atoms with van der Waals surface area (Å²) < 4.78 is 1.59. The minimum Gasteiger partial charge on any atom is -0.333 e. The van der Waals surface area contributed by atoms with E-state index in [1.54, 1.807) is 38.8 Å². The summed E-state index contributed by atoms with van der Waals surface area (Å²) in [4.78, 5) is 32.6. The molecule has 3 rings (SSSR count). The molecule has 2 aromatic rings. The Morgan fingerprint density at radius 1 is 1.38 bits per heavy atom. The number of piperazine rings is 1. The first kappa shape index (κ1) is 16.2. The Morgan fingerprint density at radius 2 is 2.17 bits per heavy atom. The fraction of sp³-hybridized carbons (Fsp3) is 0.412. The van der Waals surface area contributed by atoms with E-state index in [2.05, 4.69) is 30.5 Å². The molecule has 1 aliphatic heterocycles. The normalized spacial score (nSPS) is 18.2. The molecule has 2 aromatic heterocycles. The quantitative estimate of drug-likeness (QED) is 0.795. The van der Waals surface area contributed by atoms with E-state index in [1.165, 1.54) is 6.08 Å². The molecule has 1 fully saturated rings. The van der Waals surface area contributed by atoms with Crippen LogP contribution >= 0.6 is 0 Å². The fourth-order valence-corrected chi connectivity index (χ4v) is 3.05. The smallest absolute Gasteiger partial charge is 0.274 e. The zero-order chi connectivity index (χ0) is 17.3. The van der Waals surface area contributed by atoms with Crippen LogP contribution in [-0.2, 0) is 4.79 Å². The Kier molecular flexibility index (Phi) is 4.33. The van der Waals surface area contributed by atoms with Crippen molar-refractivity contribution in [3.05, 3.63) is 42.9 Å². The maximum Gasteiger partial charge on any atom is 0.274 e. The zero-order valence-corrected chi connectivity index (χ0v) is 13.9. The second-order valence-corrected chi connectivity index (χ2v) is 6.25. The van der Waals surface area contributed by atoms with Gasteiger partial charge in [0.25, 0.3) is 5.91 Å².